The molecule has 1 atom stereocenters. The molecule has 0 aromatic heterocycles. The summed E-state index contributed by atoms with van der Waals surface area (Å²) >= 11 is 6.13. The number of halogens is 1. The smallest absolute Gasteiger partial charge is 0.0438 e. The average molecular weight is 238 g/mol. The Balaban J connectivity index is 2.86. The zero-order valence-corrected chi connectivity index (χ0v) is 11.1. The van der Waals surface area contributed by atoms with E-state index in [0.29, 0.717) is 6.04 Å². The maximum Gasteiger partial charge on any atom is 0.0438 e. The fourth-order valence-electron chi connectivity index (χ4n) is 1.85. The number of benzene rings is 1. The highest BCUT2D eigenvalue weighted by Crippen LogP contribution is 2.27. The van der Waals surface area contributed by atoms with Gasteiger partial charge in [0.1, 0.15) is 0 Å². The van der Waals surface area contributed by atoms with Crippen LogP contribution in [0.4, 0.5) is 0 Å². The van der Waals surface area contributed by atoms with Crippen LogP contribution in [0, 0.1) is 6.92 Å². The number of rotatable bonds is 5. The van der Waals surface area contributed by atoms with Crippen molar-refractivity contribution in [2.75, 3.05) is 7.05 Å². The lowest BCUT2D eigenvalue weighted by atomic mass is 9.96. The van der Waals surface area contributed by atoms with E-state index in [1.807, 2.05) is 19.2 Å². The Kier molecular flexibility index (Phi) is 5.04. The summed E-state index contributed by atoms with van der Waals surface area (Å²) in [6.07, 6.45) is 2.10. The molecule has 1 rings (SSSR count). The normalized spacial score (nSPS) is 12.5. The van der Waals surface area contributed by atoms with Gasteiger partial charge in [-0.1, -0.05) is 29.3 Å². The molecule has 0 aliphatic rings. The van der Waals surface area contributed by atoms with Crippen molar-refractivity contribution < 1.29 is 0 Å². The van der Waals surface area contributed by atoms with E-state index in [1.54, 1.807) is 0 Å². The van der Waals surface area contributed by atoms with Gasteiger partial charge in [-0.3, -0.25) is 0 Å². The van der Waals surface area contributed by atoms with Crippen LogP contribution in [-0.2, 0) is 0 Å². The van der Waals surface area contributed by atoms with Gasteiger partial charge in [0.2, 0.25) is 0 Å². The monoisotopic (exact) mass is 237 g/mol. The largest absolute Gasteiger partial charge is 0.313 e. The standard InChI is InChI=1S/C14H20ClN/c1-10(2)8-9-14(16-4)12-6-5-7-13(15)11(12)3/h5-7,14,16H,1,8-9H2,2-4H3. The van der Waals surface area contributed by atoms with Crippen molar-refractivity contribution in [3.8, 4) is 0 Å². The molecule has 1 nitrogen and oxygen atoms in total. The predicted octanol–water partition coefficient (Wildman–Crippen LogP) is 4.27. The maximum absolute atomic E-state index is 6.13. The minimum absolute atomic E-state index is 0.357. The molecule has 0 aliphatic heterocycles. The molecule has 0 fully saturated rings. The first kappa shape index (κ1) is 13.3. The molecular weight excluding hydrogens is 218 g/mol. The van der Waals surface area contributed by atoms with Crippen LogP contribution in [0.15, 0.2) is 30.4 Å². The van der Waals surface area contributed by atoms with Crippen molar-refractivity contribution in [3.63, 3.8) is 0 Å². The van der Waals surface area contributed by atoms with Crippen molar-refractivity contribution in [2.45, 2.75) is 32.7 Å². The summed E-state index contributed by atoms with van der Waals surface area (Å²) < 4.78 is 0. The van der Waals surface area contributed by atoms with Gasteiger partial charge in [0, 0.05) is 11.1 Å². The summed E-state index contributed by atoms with van der Waals surface area (Å²) in [5.74, 6) is 0. The van der Waals surface area contributed by atoms with Crippen LogP contribution in [0.5, 0.6) is 0 Å². The fraction of sp³-hybridized carbons (Fsp3) is 0.429. The molecule has 0 amide bonds. The van der Waals surface area contributed by atoms with Gasteiger partial charge < -0.3 is 5.32 Å². The van der Waals surface area contributed by atoms with Crippen LogP contribution in [-0.4, -0.2) is 7.05 Å². The average Bonchev–Trinajstić information content (AvgIpc) is 2.24. The molecule has 2 heteroatoms. The third-order valence-corrected chi connectivity index (χ3v) is 3.30. The molecule has 0 spiro atoms. The Morgan fingerprint density at radius 3 is 2.75 bits per heavy atom. The number of hydrogen-bond acceptors (Lipinski definition) is 1. The molecule has 1 aromatic carbocycles. The van der Waals surface area contributed by atoms with Gasteiger partial charge in [-0.25, -0.2) is 0 Å². The summed E-state index contributed by atoms with van der Waals surface area (Å²) in [6.45, 7) is 8.08. The molecule has 0 radical (unpaired) electrons. The Morgan fingerprint density at radius 1 is 1.50 bits per heavy atom. The Bertz CT molecular complexity index is 371. The molecule has 1 N–H and O–H groups in total. The van der Waals surface area contributed by atoms with Gasteiger partial charge in [-0.2, -0.15) is 0 Å². The van der Waals surface area contributed by atoms with E-state index < -0.39 is 0 Å². The Hall–Kier alpha value is -0.790. The molecule has 0 heterocycles. The van der Waals surface area contributed by atoms with E-state index in [-0.39, 0.29) is 0 Å². The quantitative estimate of drug-likeness (QED) is 0.755. The van der Waals surface area contributed by atoms with E-state index in [9.17, 15) is 0 Å². The zero-order chi connectivity index (χ0) is 12.1. The van der Waals surface area contributed by atoms with Crippen molar-refractivity contribution in [1.82, 2.24) is 5.32 Å². The first-order valence-corrected chi connectivity index (χ1v) is 6.00. The zero-order valence-electron chi connectivity index (χ0n) is 10.3. The van der Waals surface area contributed by atoms with E-state index in [0.717, 1.165) is 17.9 Å². The minimum atomic E-state index is 0.357. The predicted molar refractivity (Wildman–Crippen MR) is 72.0 cm³/mol. The summed E-state index contributed by atoms with van der Waals surface area (Å²) in [6, 6.07) is 6.44. The summed E-state index contributed by atoms with van der Waals surface area (Å²) in [5, 5.41) is 4.18. The van der Waals surface area contributed by atoms with Gasteiger partial charge in [0.25, 0.3) is 0 Å². The molecule has 1 aromatic rings. The summed E-state index contributed by atoms with van der Waals surface area (Å²) in [7, 11) is 1.99. The van der Waals surface area contributed by atoms with Gasteiger partial charge in [-0.05, 0) is 50.9 Å². The first-order chi connectivity index (χ1) is 7.56. The molecule has 0 saturated carbocycles. The molecule has 0 aliphatic carbocycles. The SMILES string of the molecule is C=C(C)CCC(NC)c1cccc(Cl)c1C. The van der Waals surface area contributed by atoms with E-state index in [4.69, 9.17) is 11.6 Å². The summed E-state index contributed by atoms with van der Waals surface area (Å²) in [5.41, 5.74) is 3.68. The van der Waals surface area contributed by atoms with Gasteiger partial charge in [0.15, 0.2) is 0 Å². The van der Waals surface area contributed by atoms with Crippen molar-refractivity contribution >= 4 is 11.6 Å². The third kappa shape index (κ3) is 3.36. The van der Waals surface area contributed by atoms with Crippen molar-refractivity contribution in [2.24, 2.45) is 0 Å². The van der Waals surface area contributed by atoms with Crippen LogP contribution in [0.2, 0.25) is 5.02 Å². The maximum atomic E-state index is 6.13. The summed E-state index contributed by atoms with van der Waals surface area (Å²) in [4.78, 5) is 0. The second-order valence-corrected chi connectivity index (χ2v) is 4.70. The Labute approximate surface area is 104 Å². The lowest BCUT2D eigenvalue weighted by molar-refractivity contribution is 0.546. The van der Waals surface area contributed by atoms with E-state index in [1.165, 1.54) is 16.7 Å². The van der Waals surface area contributed by atoms with Crippen LogP contribution < -0.4 is 5.32 Å². The van der Waals surface area contributed by atoms with Gasteiger partial charge >= 0.3 is 0 Å². The second kappa shape index (κ2) is 6.07. The minimum Gasteiger partial charge on any atom is -0.313 e. The molecule has 0 bridgehead atoms. The third-order valence-electron chi connectivity index (χ3n) is 2.89. The number of hydrogen-bond donors (Lipinski definition) is 1. The molecule has 0 saturated heterocycles. The highest BCUT2D eigenvalue weighted by atomic mass is 35.5. The van der Waals surface area contributed by atoms with Gasteiger partial charge in [-0.15, -0.1) is 6.58 Å². The molecule has 1 unspecified atom stereocenters. The van der Waals surface area contributed by atoms with Crippen LogP contribution in [0.1, 0.15) is 36.9 Å². The topological polar surface area (TPSA) is 12.0 Å². The molecular formula is C14H20ClN. The van der Waals surface area contributed by atoms with Crippen LogP contribution >= 0.6 is 11.6 Å². The van der Waals surface area contributed by atoms with Crippen molar-refractivity contribution in [3.05, 3.63) is 46.5 Å². The van der Waals surface area contributed by atoms with E-state index >= 15 is 0 Å². The molecule has 16 heavy (non-hydrogen) atoms. The van der Waals surface area contributed by atoms with Gasteiger partial charge in [0.05, 0.1) is 0 Å². The van der Waals surface area contributed by atoms with E-state index in [2.05, 4.69) is 31.8 Å². The highest BCUT2D eigenvalue weighted by molar-refractivity contribution is 6.31. The fourth-order valence-corrected chi connectivity index (χ4v) is 2.03. The molecule has 88 valence electrons. The Morgan fingerprint density at radius 2 is 2.19 bits per heavy atom. The first-order valence-electron chi connectivity index (χ1n) is 5.63. The number of nitrogens with one attached hydrogen (secondary N) is 1. The second-order valence-electron chi connectivity index (χ2n) is 4.29. The number of allylic oxidation sites excluding steroid dienone is 1. The lowest BCUT2D eigenvalue weighted by Gasteiger charge is -2.19. The van der Waals surface area contributed by atoms with Crippen LogP contribution in [0.3, 0.4) is 0 Å². The lowest BCUT2D eigenvalue weighted by Crippen LogP contribution is -2.17. The highest BCUT2D eigenvalue weighted by Gasteiger charge is 2.12. The van der Waals surface area contributed by atoms with Crippen molar-refractivity contribution in [1.29, 1.82) is 0 Å². The van der Waals surface area contributed by atoms with Crippen LogP contribution in [0.25, 0.3) is 0 Å².